The average Bonchev–Trinajstić information content (AvgIpc) is 2.73. The zero-order valence-electron chi connectivity index (χ0n) is 15.2. The number of esters is 1. The van der Waals surface area contributed by atoms with Gasteiger partial charge in [0.05, 0.1) is 6.04 Å². The standard InChI is InChI=1S/C23H21NO4/c25-21-14-8-7-13-19(21)23(27)28-16-22(26)24-20(18-11-5-2-6-12-18)15-17-9-3-1-4-10-17/h1-14,20,25H,15-16H2,(H,24,26). The summed E-state index contributed by atoms with van der Waals surface area (Å²) in [6.07, 6.45) is 0.615. The van der Waals surface area contributed by atoms with Crippen LogP contribution in [0.1, 0.15) is 27.5 Å². The predicted molar refractivity (Wildman–Crippen MR) is 106 cm³/mol. The Labute approximate surface area is 163 Å². The number of phenols is 1. The van der Waals surface area contributed by atoms with Crippen molar-refractivity contribution in [1.82, 2.24) is 5.32 Å². The number of ether oxygens (including phenoxy) is 1. The number of rotatable bonds is 7. The van der Waals surface area contributed by atoms with Crippen LogP contribution in [-0.2, 0) is 16.0 Å². The molecule has 0 aliphatic rings. The van der Waals surface area contributed by atoms with E-state index in [9.17, 15) is 14.7 Å². The number of benzene rings is 3. The topological polar surface area (TPSA) is 75.6 Å². The first-order chi connectivity index (χ1) is 13.6. The highest BCUT2D eigenvalue weighted by Gasteiger charge is 2.18. The van der Waals surface area contributed by atoms with Crippen LogP contribution in [0.15, 0.2) is 84.9 Å². The Morgan fingerprint density at radius 1 is 0.857 bits per heavy atom. The van der Waals surface area contributed by atoms with Gasteiger partial charge in [0, 0.05) is 0 Å². The molecule has 1 atom stereocenters. The highest BCUT2D eigenvalue weighted by molar-refractivity contribution is 5.93. The fourth-order valence-corrected chi connectivity index (χ4v) is 2.88. The lowest BCUT2D eigenvalue weighted by Crippen LogP contribution is -2.33. The molecule has 28 heavy (non-hydrogen) atoms. The zero-order valence-corrected chi connectivity index (χ0v) is 15.2. The second-order valence-electron chi connectivity index (χ2n) is 6.31. The first kappa shape index (κ1) is 19.2. The van der Waals surface area contributed by atoms with Crippen molar-refractivity contribution in [2.24, 2.45) is 0 Å². The minimum Gasteiger partial charge on any atom is -0.507 e. The number of carbonyl (C=O) groups is 2. The molecule has 3 rings (SSSR count). The van der Waals surface area contributed by atoms with E-state index >= 15 is 0 Å². The Morgan fingerprint density at radius 3 is 2.14 bits per heavy atom. The van der Waals surface area contributed by atoms with Crippen molar-refractivity contribution < 1.29 is 19.4 Å². The molecule has 0 radical (unpaired) electrons. The fraction of sp³-hybridized carbons (Fsp3) is 0.130. The van der Waals surface area contributed by atoms with Gasteiger partial charge in [0.25, 0.3) is 5.91 Å². The number of hydrogen-bond acceptors (Lipinski definition) is 4. The van der Waals surface area contributed by atoms with Crippen LogP contribution in [0.3, 0.4) is 0 Å². The van der Waals surface area contributed by atoms with E-state index in [2.05, 4.69) is 5.32 Å². The van der Waals surface area contributed by atoms with Gasteiger partial charge >= 0.3 is 5.97 Å². The molecule has 0 bridgehead atoms. The monoisotopic (exact) mass is 375 g/mol. The van der Waals surface area contributed by atoms with Crippen LogP contribution in [0.2, 0.25) is 0 Å². The van der Waals surface area contributed by atoms with Crippen LogP contribution in [0.4, 0.5) is 0 Å². The molecule has 142 valence electrons. The summed E-state index contributed by atoms with van der Waals surface area (Å²) < 4.78 is 5.05. The van der Waals surface area contributed by atoms with Gasteiger partial charge in [-0.1, -0.05) is 72.8 Å². The third kappa shape index (κ3) is 5.20. The molecule has 0 spiro atoms. The molecule has 3 aromatic carbocycles. The third-order valence-electron chi connectivity index (χ3n) is 4.28. The van der Waals surface area contributed by atoms with Crippen LogP contribution < -0.4 is 5.32 Å². The molecule has 0 fully saturated rings. The number of nitrogens with one attached hydrogen (secondary N) is 1. The summed E-state index contributed by atoms with van der Waals surface area (Å²) in [4.78, 5) is 24.4. The van der Waals surface area contributed by atoms with Crippen LogP contribution in [-0.4, -0.2) is 23.6 Å². The second kappa shape index (κ2) is 9.37. The summed E-state index contributed by atoms with van der Waals surface area (Å²) in [6.45, 7) is -0.425. The van der Waals surface area contributed by atoms with Crippen molar-refractivity contribution in [3.63, 3.8) is 0 Å². The summed E-state index contributed by atoms with van der Waals surface area (Å²) in [5.41, 5.74) is 2.08. The third-order valence-corrected chi connectivity index (χ3v) is 4.28. The van der Waals surface area contributed by atoms with Gasteiger partial charge in [0.2, 0.25) is 0 Å². The molecule has 0 aliphatic heterocycles. The van der Waals surface area contributed by atoms with E-state index in [0.717, 1.165) is 11.1 Å². The van der Waals surface area contributed by atoms with E-state index in [-0.39, 0.29) is 17.4 Å². The lowest BCUT2D eigenvalue weighted by Gasteiger charge is -2.19. The Morgan fingerprint density at radius 2 is 1.46 bits per heavy atom. The molecule has 3 aromatic rings. The Bertz CT molecular complexity index is 926. The van der Waals surface area contributed by atoms with Crippen LogP contribution >= 0.6 is 0 Å². The Balaban J connectivity index is 1.64. The molecular formula is C23H21NO4. The van der Waals surface area contributed by atoms with Gasteiger partial charge in [-0.25, -0.2) is 4.79 Å². The van der Waals surface area contributed by atoms with Gasteiger partial charge < -0.3 is 15.2 Å². The summed E-state index contributed by atoms with van der Waals surface area (Å²) in [5, 5.41) is 12.6. The van der Waals surface area contributed by atoms with Gasteiger partial charge in [0.15, 0.2) is 6.61 Å². The minimum absolute atomic E-state index is 0.0270. The number of para-hydroxylation sites is 1. The number of amides is 1. The molecule has 0 aromatic heterocycles. The maximum absolute atomic E-state index is 12.4. The van der Waals surface area contributed by atoms with Gasteiger partial charge in [0.1, 0.15) is 11.3 Å². The number of phenolic OH excluding ortho intramolecular Hbond substituents is 1. The zero-order chi connectivity index (χ0) is 19.8. The van der Waals surface area contributed by atoms with Crippen molar-refractivity contribution in [3.05, 3.63) is 102 Å². The maximum Gasteiger partial charge on any atom is 0.342 e. The molecule has 0 saturated heterocycles. The summed E-state index contributed by atoms with van der Waals surface area (Å²) >= 11 is 0. The van der Waals surface area contributed by atoms with Crippen molar-refractivity contribution in [2.75, 3.05) is 6.61 Å². The molecule has 0 saturated carbocycles. The van der Waals surface area contributed by atoms with Gasteiger partial charge in [-0.05, 0) is 29.7 Å². The van der Waals surface area contributed by atoms with E-state index in [0.29, 0.717) is 6.42 Å². The summed E-state index contributed by atoms with van der Waals surface area (Å²) in [5.74, 6) is -1.33. The van der Waals surface area contributed by atoms with Crippen molar-refractivity contribution in [3.8, 4) is 5.75 Å². The molecule has 0 heterocycles. The summed E-state index contributed by atoms with van der Waals surface area (Å²) in [7, 11) is 0. The first-order valence-corrected chi connectivity index (χ1v) is 8.97. The van der Waals surface area contributed by atoms with E-state index in [1.54, 1.807) is 12.1 Å². The Hall–Kier alpha value is -3.60. The number of aromatic hydroxyl groups is 1. The smallest absolute Gasteiger partial charge is 0.342 e. The van der Waals surface area contributed by atoms with Crippen LogP contribution in [0.5, 0.6) is 5.75 Å². The van der Waals surface area contributed by atoms with E-state index in [4.69, 9.17) is 4.74 Å². The number of hydrogen-bond donors (Lipinski definition) is 2. The molecule has 5 nitrogen and oxygen atoms in total. The highest BCUT2D eigenvalue weighted by atomic mass is 16.5. The molecule has 1 amide bonds. The molecule has 5 heteroatoms. The number of carbonyl (C=O) groups excluding carboxylic acids is 2. The van der Waals surface area contributed by atoms with Gasteiger partial charge in [-0.2, -0.15) is 0 Å². The van der Waals surface area contributed by atoms with Gasteiger partial charge in [-0.15, -0.1) is 0 Å². The Kier molecular flexibility index (Phi) is 6.41. The quantitative estimate of drug-likeness (QED) is 0.618. The molecular weight excluding hydrogens is 354 g/mol. The molecule has 1 unspecified atom stereocenters. The lowest BCUT2D eigenvalue weighted by atomic mass is 9.99. The minimum atomic E-state index is -0.743. The SMILES string of the molecule is O=C(COC(=O)c1ccccc1O)NC(Cc1ccccc1)c1ccccc1. The van der Waals surface area contributed by atoms with Crippen molar-refractivity contribution in [2.45, 2.75) is 12.5 Å². The molecule has 2 N–H and O–H groups in total. The van der Waals surface area contributed by atoms with Gasteiger partial charge in [-0.3, -0.25) is 4.79 Å². The predicted octanol–water partition coefficient (Wildman–Crippen LogP) is 3.65. The normalized spacial score (nSPS) is 11.4. The fourth-order valence-electron chi connectivity index (χ4n) is 2.88. The van der Waals surface area contributed by atoms with Crippen LogP contribution in [0.25, 0.3) is 0 Å². The second-order valence-corrected chi connectivity index (χ2v) is 6.31. The molecule has 0 aliphatic carbocycles. The lowest BCUT2D eigenvalue weighted by molar-refractivity contribution is -0.125. The van der Waals surface area contributed by atoms with Crippen molar-refractivity contribution >= 4 is 11.9 Å². The van der Waals surface area contributed by atoms with Crippen LogP contribution in [0, 0.1) is 0 Å². The van der Waals surface area contributed by atoms with E-state index in [1.807, 2.05) is 60.7 Å². The summed E-state index contributed by atoms with van der Waals surface area (Å²) in [6, 6.07) is 25.3. The largest absolute Gasteiger partial charge is 0.507 e. The van der Waals surface area contributed by atoms with Crippen molar-refractivity contribution in [1.29, 1.82) is 0 Å². The maximum atomic E-state index is 12.4. The van der Waals surface area contributed by atoms with E-state index < -0.39 is 18.5 Å². The first-order valence-electron chi connectivity index (χ1n) is 8.97. The highest BCUT2D eigenvalue weighted by Crippen LogP contribution is 2.19. The van der Waals surface area contributed by atoms with E-state index in [1.165, 1.54) is 12.1 Å². The average molecular weight is 375 g/mol.